The van der Waals surface area contributed by atoms with Crippen LogP contribution in [0.15, 0.2) is 170 Å². The van der Waals surface area contributed by atoms with Gasteiger partial charge >= 0.3 is 23.9 Å². The Labute approximate surface area is 487 Å². The van der Waals surface area contributed by atoms with Crippen LogP contribution < -0.4 is 0 Å². The number of ether oxygens (including phenoxy) is 5. The maximum Gasteiger partial charge on any atom is 0.335 e. The number of carboxylic acid groups (broad SMARTS) is 1. The Hall–Kier alpha value is -5.92. The van der Waals surface area contributed by atoms with Crippen molar-refractivity contribution in [1.82, 2.24) is 0 Å². The van der Waals surface area contributed by atoms with Crippen LogP contribution in [-0.4, -0.2) is 89.2 Å². The Kier molecular flexibility index (Phi) is 49.3. The lowest BCUT2D eigenvalue weighted by Crippen LogP contribution is -2.61. The van der Waals surface area contributed by atoms with Crippen LogP contribution in [0.2, 0.25) is 0 Å². The molecule has 0 radical (unpaired) electrons. The van der Waals surface area contributed by atoms with Crippen molar-refractivity contribution in [3.05, 3.63) is 170 Å². The zero-order valence-electron chi connectivity index (χ0n) is 49.4. The van der Waals surface area contributed by atoms with Crippen LogP contribution >= 0.6 is 0 Å². The van der Waals surface area contributed by atoms with Gasteiger partial charge < -0.3 is 39.0 Å². The molecule has 6 unspecified atom stereocenters. The van der Waals surface area contributed by atoms with Gasteiger partial charge in [-0.1, -0.05) is 197 Å². The maximum atomic E-state index is 13.2. The number of allylic oxidation sites excluding steroid dienone is 28. The third-order valence-corrected chi connectivity index (χ3v) is 12.3. The number of esters is 3. The second kappa shape index (κ2) is 54.7. The second-order valence-electron chi connectivity index (χ2n) is 19.5. The van der Waals surface area contributed by atoms with Gasteiger partial charge in [-0.2, -0.15) is 0 Å². The van der Waals surface area contributed by atoms with E-state index >= 15 is 0 Å². The first kappa shape index (κ1) is 73.1. The largest absolute Gasteiger partial charge is 0.479 e. The lowest BCUT2D eigenvalue weighted by atomic mass is 9.98. The zero-order chi connectivity index (χ0) is 58.9. The van der Waals surface area contributed by atoms with Crippen molar-refractivity contribution in [1.29, 1.82) is 0 Å². The highest BCUT2D eigenvalue weighted by atomic mass is 16.7. The van der Waals surface area contributed by atoms with E-state index in [-0.39, 0.29) is 25.9 Å². The van der Waals surface area contributed by atoms with Crippen LogP contribution in [0.4, 0.5) is 0 Å². The molecule has 1 saturated heterocycles. The molecule has 12 nitrogen and oxygen atoms in total. The Balaban J connectivity index is 2.79. The van der Waals surface area contributed by atoms with Crippen LogP contribution in [0.5, 0.6) is 0 Å². The average molecular weight is 1120 g/mol. The van der Waals surface area contributed by atoms with Crippen molar-refractivity contribution < 1.29 is 58.2 Å². The summed E-state index contributed by atoms with van der Waals surface area (Å²) in [5.74, 6) is -3.34. The van der Waals surface area contributed by atoms with Crippen molar-refractivity contribution in [3.63, 3.8) is 0 Å². The molecule has 0 bridgehead atoms. The summed E-state index contributed by atoms with van der Waals surface area (Å²) in [6, 6.07) is 0. The van der Waals surface area contributed by atoms with Gasteiger partial charge in [0, 0.05) is 19.3 Å². The van der Waals surface area contributed by atoms with E-state index in [1.165, 1.54) is 0 Å². The van der Waals surface area contributed by atoms with Crippen LogP contribution in [0.3, 0.4) is 0 Å². The quantitative estimate of drug-likeness (QED) is 0.0228. The first-order valence-corrected chi connectivity index (χ1v) is 30.1. The molecule has 12 heteroatoms. The topological polar surface area (TPSA) is 175 Å². The lowest BCUT2D eigenvalue weighted by Gasteiger charge is -2.40. The number of carbonyl (C=O) groups excluding carboxylic acids is 3. The molecule has 0 aromatic rings. The number of rotatable bonds is 48. The normalized spacial score (nSPS) is 19.0. The van der Waals surface area contributed by atoms with Gasteiger partial charge in [-0.3, -0.25) is 14.4 Å². The standard InChI is InChI=1S/C69H102O12/c1-4-7-10-13-16-19-22-25-28-30-31-33-35-37-40-43-46-49-52-55-61(70)77-58-60(79-62(71)56-53-50-47-44-41-39-36-32-29-26-23-20-17-14-11-8-5-2)59-78-69-67(65(74)64(73)66(81-69)68(75)76)80-63(72)57-54-51-48-45-42-38-34-27-24-21-18-15-12-9-6-3/h7-12,16-21,25-29,31,33-34,36-37,39-40,42,44-45,47,60,64-67,69,73-74H,4-6,13-15,22-24,30,32,35,38,41,43,46,48-59H2,1-3H3,(H,75,76)/b10-7-,11-8-,12-9-,19-16-,20-17-,21-18-,28-25-,29-26-,33-31-,34-27-,39-36-,40-37-,45-42-,47-44-. The summed E-state index contributed by atoms with van der Waals surface area (Å²) >= 11 is 0. The van der Waals surface area contributed by atoms with Crippen molar-refractivity contribution in [3.8, 4) is 0 Å². The van der Waals surface area contributed by atoms with E-state index in [9.17, 15) is 34.5 Å². The monoisotopic (exact) mass is 1120 g/mol. The highest BCUT2D eigenvalue weighted by Crippen LogP contribution is 2.26. The van der Waals surface area contributed by atoms with Gasteiger partial charge in [0.1, 0.15) is 18.8 Å². The summed E-state index contributed by atoms with van der Waals surface area (Å²) in [6.07, 6.45) is 69.0. The van der Waals surface area contributed by atoms with Gasteiger partial charge in [0.05, 0.1) is 6.61 Å². The highest BCUT2D eigenvalue weighted by Gasteiger charge is 2.50. The van der Waals surface area contributed by atoms with E-state index in [1.807, 2.05) is 12.2 Å². The molecule has 1 aliphatic rings. The van der Waals surface area contributed by atoms with E-state index < -0.39 is 67.3 Å². The molecule has 1 aliphatic heterocycles. The molecule has 0 aromatic carbocycles. The molecule has 1 heterocycles. The molecule has 0 saturated carbocycles. The molecule has 1 fully saturated rings. The summed E-state index contributed by atoms with van der Waals surface area (Å²) in [5, 5.41) is 31.5. The summed E-state index contributed by atoms with van der Waals surface area (Å²) in [4.78, 5) is 51.2. The highest BCUT2D eigenvalue weighted by molar-refractivity contribution is 5.74. The Morgan fingerprint density at radius 2 is 0.753 bits per heavy atom. The van der Waals surface area contributed by atoms with Crippen LogP contribution in [0, 0.1) is 0 Å². The third-order valence-electron chi connectivity index (χ3n) is 12.3. The number of carboxylic acids is 1. The number of aliphatic carboxylic acids is 1. The molecular formula is C69H102O12. The van der Waals surface area contributed by atoms with Crippen molar-refractivity contribution in [2.24, 2.45) is 0 Å². The third kappa shape index (κ3) is 44.4. The van der Waals surface area contributed by atoms with Crippen LogP contribution in [0.25, 0.3) is 0 Å². The van der Waals surface area contributed by atoms with Crippen LogP contribution in [0.1, 0.15) is 188 Å². The average Bonchev–Trinajstić information content (AvgIpc) is 3.53. The minimum Gasteiger partial charge on any atom is -0.479 e. The van der Waals surface area contributed by atoms with Crippen LogP contribution in [-0.2, 0) is 42.9 Å². The van der Waals surface area contributed by atoms with E-state index in [0.29, 0.717) is 32.1 Å². The number of unbranched alkanes of at least 4 members (excludes halogenated alkanes) is 6. The molecule has 3 N–H and O–H groups in total. The second-order valence-corrected chi connectivity index (χ2v) is 19.5. The first-order valence-electron chi connectivity index (χ1n) is 30.1. The summed E-state index contributed by atoms with van der Waals surface area (Å²) in [5.41, 5.74) is 0. The van der Waals surface area contributed by atoms with Gasteiger partial charge in [0.2, 0.25) is 0 Å². The Morgan fingerprint density at radius 1 is 0.407 bits per heavy atom. The number of hydrogen-bond donors (Lipinski definition) is 3. The number of aliphatic hydroxyl groups excluding tert-OH is 2. The summed E-state index contributed by atoms with van der Waals surface area (Å²) in [6.45, 7) is 5.53. The molecular weight excluding hydrogens is 1020 g/mol. The summed E-state index contributed by atoms with van der Waals surface area (Å²) < 4.78 is 28.3. The molecule has 450 valence electrons. The van der Waals surface area contributed by atoms with E-state index in [1.54, 1.807) is 0 Å². The Morgan fingerprint density at radius 3 is 1.16 bits per heavy atom. The molecule has 0 aliphatic carbocycles. The molecule has 0 aromatic heterocycles. The molecule has 1 rings (SSSR count). The van der Waals surface area contributed by atoms with Gasteiger partial charge in [0.15, 0.2) is 24.6 Å². The zero-order valence-corrected chi connectivity index (χ0v) is 49.4. The summed E-state index contributed by atoms with van der Waals surface area (Å²) in [7, 11) is 0. The predicted octanol–water partition coefficient (Wildman–Crippen LogP) is 15.9. The van der Waals surface area contributed by atoms with Crippen molar-refractivity contribution in [2.45, 2.75) is 225 Å². The number of carbonyl (C=O) groups is 4. The van der Waals surface area contributed by atoms with E-state index in [2.05, 4.69) is 179 Å². The molecule has 0 spiro atoms. The number of aliphatic hydroxyl groups is 2. The van der Waals surface area contributed by atoms with Gasteiger partial charge in [-0.15, -0.1) is 0 Å². The van der Waals surface area contributed by atoms with Gasteiger partial charge in [-0.25, -0.2) is 4.79 Å². The van der Waals surface area contributed by atoms with Crippen molar-refractivity contribution in [2.75, 3.05) is 13.2 Å². The lowest BCUT2D eigenvalue weighted by molar-refractivity contribution is -0.301. The maximum absolute atomic E-state index is 13.2. The molecule has 0 amide bonds. The molecule has 6 atom stereocenters. The Bertz CT molecular complexity index is 2060. The van der Waals surface area contributed by atoms with E-state index in [4.69, 9.17) is 23.7 Å². The smallest absolute Gasteiger partial charge is 0.335 e. The van der Waals surface area contributed by atoms with Gasteiger partial charge in [-0.05, 0) is 141 Å². The van der Waals surface area contributed by atoms with E-state index in [0.717, 1.165) is 116 Å². The minimum atomic E-state index is -1.94. The minimum absolute atomic E-state index is 0.0128. The fourth-order valence-corrected chi connectivity index (χ4v) is 7.77. The number of hydrogen-bond acceptors (Lipinski definition) is 11. The SMILES string of the molecule is CC/C=C\C/C=C\C/C=C\C/C=C\C/C=C\CCCCCC(=O)OCC(COC1OC(C(=O)O)C(O)C(O)C1OC(=O)CCCC/C=C\C/C=C\C/C=C\C/C=C\CC)OC(=O)CCC/C=C\C/C=C\C/C=C\C/C=C\C/C=C\CC. The molecule has 81 heavy (non-hydrogen) atoms. The fourth-order valence-electron chi connectivity index (χ4n) is 7.77. The predicted molar refractivity (Wildman–Crippen MR) is 330 cm³/mol. The van der Waals surface area contributed by atoms with Gasteiger partial charge in [0.25, 0.3) is 0 Å². The van der Waals surface area contributed by atoms with Crippen molar-refractivity contribution >= 4 is 23.9 Å². The fraction of sp³-hybridized carbons (Fsp3) is 0.536. The first-order chi connectivity index (χ1) is 39.6.